The van der Waals surface area contributed by atoms with E-state index in [1.807, 2.05) is 6.92 Å². The molecule has 0 saturated carbocycles. The van der Waals surface area contributed by atoms with Gasteiger partial charge in [-0.25, -0.2) is 0 Å². The molecular formula is C40H44NO2+. The number of nitrogens with zero attached hydrogens (tertiary/aromatic N) is 1. The molecule has 4 aromatic carbocycles. The molecule has 2 heterocycles. The van der Waals surface area contributed by atoms with Gasteiger partial charge < -0.3 is 9.47 Å². The van der Waals surface area contributed by atoms with Crippen molar-refractivity contribution in [1.82, 2.24) is 0 Å². The molecule has 220 valence electrons. The molecule has 1 aliphatic heterocycles. The average molecular weight is 571 g/mol. The summed E-state index contributed by atoms with van der Waals surface area (Å²) in [5.41, 5.74) is 7.60. The van der Waals surface area contributed by atoms with Crippen LogP contribution in [-0.2, 0) is 21.3 Å². The van der Waals surface area contributed by atoms with Crippen molar-refractivity contribution in [3.63, 3.8) is 0 Å². The highest BCUT2D eigenvalue weighted by atomic mass is 16.5. The fourth-order valence-electron chi connectivity index (χ4n) is 6.25. The Morgan fingerprint density at radius 1 is 0.814 bits per heavy atom. The summed E-state index contributed by atoms with van der Waals surface area (Å²) in [6.45, 7) is 15.5. The van der Waals surface area contributed by atoms with Gasteiger partial charge >= 0.3 is 0 Å². The summed E-state index contributed by atoms with van der Waals surface area (Å²) in [6, 6.07) is 31.4. The fourth-order valence-corrected chi connectivity index (χ4v) is 6.25. The molecule has 3 heteroatoms. The maximum atomic E-state index is 7.05. The number of ether oxygens (including phenoxy) is 2. The van der Waals surface area contributed by atoms with Crippen LogP contribution in [0.1, 0.15) is 65.8 Å². The lowest BCUT2D eigenvalue weighted by Crippen LogP contribution is -2.49. The van der Waals surface area contributed by atoms with Gasteiger partial charge in [0.25, 0.3) is 6.23 Å². The van der Waals surface area contributed by atoms with Crippen molar-refractivity contribution in [1.29, 1.82) is 0 Å². The van der Waals surface area contributed by atoms with Crippen LogP contribution in [0.3, 0.4) is 0 Å². The van der Waals surface area contributed by atoms with Gasteiger partial charge in [0, 0.05) is 11.5 Å². The number of methoxy groups -OCH3 is 1. The number of rotatable bonds is 5. The van der Waals surface area contributed by atoms with Gasteiger partial charge in [-0.15, -0.1) is 0 Å². The molecule has 6 rings (SSSR count). The highest BCUT2D eigenvalue weighted by Crippen LogP contribution is 2.40. The molecule has 0 N–H and O–H groups in total. The summed E-state index contributed by atoms with van der Waals surface area (Å²) in [7, 11) is 1.72. The Bertz CT molecular complexity index is 1840. The quantitative estimate of drug-likeness (QED) is 0.119. The summed E-state index contributed by atoms with van der Waals surface area (Å²) in [6.07, 6.45) is 4.85. The highest BCUT2D eigenvalue weighted by Gasteiger charge is 2.38. The van der Waals surface area contributed by atoms with E-state index in [0.717, 1.165) is 12.2 Å². The number of fused-ring (bicyclic) bond motifs is 7. The SMILES string of the molecule is COC(C)=CC(OC1Cc2cc(-c3ccccc3)ccc2-c2c3ccc4cc(C(C)(C)C)ccc4c3cc[n+]21)C(C)(C)C. The van der Waals surface area contributed by atoms with Gasteiger partial charge in [-0.05, 0) is 75.1 Å². The normalized spacial score (nSPS) is 16.2. The lowest BCUT2D eigenvalue weighted by Gasteiger charge is -2.32. The van der Waals surface area contributed by atoms with Crippen LogP contribution in [0.2, 0.25) is 0 Å². The van der Waals surface area contributed by atoms with Crippen molar-refractivity contribution in [2.45, 2.75) is 72.6 Å². The molecule has 2 unspecified atom stereocenters. The average Bonchev–Trinajstić information content (AvgIpc) is 2.99. The van der Waals surface area contributed by atoms with Crippen LogP contribution < -0.4 is 4.57 Å². The number of pyridine rings is 1. The Morgan fingerprint density at radius 3 is 2.26 bits per heavy atom. The lowest BCUT2D eigenvalue weighted by atomic mass is 9.85. The third-order valence-corrected chi connectivity index (χ3v) is 8.88. The Balaban J connectivity index is 1.56. The minimum atomic E-state index is -0.165. The molecule has 5 aromatic rings. The Morgan fingerprint density at radius 2 is 1.56 bits per heavy atom. The number of allylic oxidation sites excluding steroid dienone is 1. The van der Waals surface area contributed by atoms with Gasteiger partial charge in [0.2, 0.25) is 5.69 Å². The van der Waals surface area contributed by atoms with Gasteiger partial charge in [-0.1, -0.05) is 102 Å². The molecule has 0 saturated heterocycles. The van der Waals surface area contributed by atoms with Crippen molar-refractivity contribution in [2.24, 2.45) is 5.41 Å². The minimum absolute atomic E-state index is 0.105. The Labute approximate surface area is 256 Å². The second-order valence-corrected chi connectivity index (χ2v) is 14.1. The van der Waals surface area contributed by atoms with Crippen LogP contribution in [0.25, 0.3) is 43.9 Å². The Hall–Kier alpha value is -3.95. The predicted molar refractivity (Wildman–Crippen MR) is 179 cm³/mol. The zero-order valence-electron chi connectivity index (χ0n) is 26.9. The van der Waals surface area contributed by atoms with Crippen LogP contribution in [0.5, 0.6) is 0 Å². The molecule has 0 aliphatic carbocycles. The van der Waals surface area contributed by atoms with E-state index >= 15 is 0 Å². The zero-order chi connectivity index (χ0) is 30.5. The van der Waals surface area contributed by atoms with E-state index in [4.69, 9.17) is 9.47 Å². The van der Waals surface area contributed by atoms with Crippen LogP contribution in [-0.4, -0.2) is 13.2 Å². The fraction of sp³-hybridized carbons (Fsp3) is 0.325. The molecule has 1 aliphatic rings. The third-order valence-electron chi connectivity index (χ3n) is 8.88. The molecular weight excluding hydrogens is 526 g/mol. The first-order valence-electron chi connectivity index (χ1n) is 15.4. The van der Waals surface area contributed by atoms with Crippen molar-refractivity contribution >= 4 is 21.5 Å². The van der Waals surface area contributed by atoms with Gasteiger partial charge in [0.05, 0.1) is 36.3 Å². The van der Waals surface area contributed by atoms with Crippen molar-refractivity contribution in [3.05, 3.63) is 114 Å². The molecule has 3 nitrogen and oxygen atoms in total. The summed E-state index contributed by atoms with van der Waals surface area (Å²) in [4.78, 5) is 0. The first kappa shape index (κ1) is 29.1. The maximum absolute atomic E-state index is 7.05. The van der Waals surface area contributed by atoms with Gasteiger partial charge in [0.1, 0.15) is 0 Å². The lowest BCUT2D eigenvalue weighted by molar-refractivity contribution is -0.756. The Kier molecular flexibility index (Phi) is 7.42. The van der Waals surface area contributed by atoms with E-state index in [9.17, 15) is 0 Å². The van der Waals surface area contributed by atoms with Crippen molar-refractivity contribution < 1.29 is 14.0 Å². The first-order chi connectivity index (χ1) is 20.4. The van der Waals surface area contributed by atoms with E-state index in [2.05, 4.69) is 143 Å². The van der Waals surface area contributed by atoms with Crippen LogP contribution in [0.4, 0.5) is 0 Å². The van der Waals surface area contributed by atoms with E-state index in [1.54, 1.807) is 7.11 Å². The van der Waals surface area contributed by atoms with Gasteiger partial charge in [0.15, 0.2) is 6.20 Å². The second-order valence-electron chi connectivity index (χ2n) is 14.1. The summed E-state index contributed by atoms with van der Waals surface area (Å²) >= 11 is 0. The minimum Gasteiger partial charge on any atom is -0.502 e. The number of hydrogen-bond donors (Lipinski definition) is 0. The maximum Gasteiger partial charge on any atom is 0.267 e. The number of hydrogen-bond acceptors (Lipinski definition) is 2. The molecule has 2 atom stereocenters. The van der Waals surface area contributed by atoms with E-state index < -0.39 is 0 Å². The van der Waals surface area contributed by atoms with Crippen molar-refractivity contribution in [3.8, 4) is 22.4 Å². The predicted octanol–water partition coefficient (Wildman–Crippen LogP) is 9.95. The zero-order valence-corrected chi connectivity index (χ0v) is 26.9. The molecule has 1 aromatic heterocycles. The molecule has 0 fully saturated rings. The molecule has 0 spiro atoms. The standard InChI is InChI=1S/C40H44NO2/c1-26(42-8)22-36(40(5,6)7)43-37-25-30-23-28(27-12-10-9-11-13-27)14-17-33(30)38-35-18-15-29-24-31(39(2,3)4)16-19-32(29)34(35)20-21-41(37)38/h9-24,36-37H,25H2,1-8H3/q+1. The number of aromatic nitrogens is 1. The molecule has 43 heavy (non-hydrogen) atoms. The second kappa shape index (κ2) is 11.0. The van der Waals surface area contributed by atoms with E-state index in [0.29, 0.717) is 0 Å². The monoisotopic (exact) mass is 570 g/mol. The molecule has 0 bridgehead atoms. The summed E-state index contributed by atoms with van der Waals surface area (Å²) in [5, 5.41) is 5.08. The topological polar surface area (TPSA) is 22.3 Å². The van der Waals surface area contributed by atoms with E-state index in [1.165, 1.54) is 55.1 Å². The van der Waals surface area contributed by atoms with E-state index in [-0.39, 0.29) is 23.2 Å². The molecule has 0 radical (unpaired) electrons. The highest BCUT2D eigenvalue weighted by molar-refractivity contribution is 6.11. The van der Waals surface area contributed by atoms with Crippen LogP contribution in [0, 0.1) is 5.41 Å². The van der Waals surface area contributed by atoms with Crippen molar-refractivity contribution in [2.75, 3.05) is 7.11 Å². The van der Waals surface area contributed by atoms with Gasteiger partial charge in [-0.2, -0.15) is 4.57 Å². The molecule has 0 amide bonds. The first-order valence-corrected chi connectivity index (χ1v) is 15.4. The summed E-state index contributed by atoms with van der Waals surface area (Å²) < 4.78 is 15.0. The smallest absolute Gasteiger partial charge is 0.267 e. The van der Waals surface area contributed by atoms with Gasteiger partial charge in [-0.3, -0.25) is 0 Å². The third kappa shape index (κ3) is 5.59. The van der Waals surface area contributed by atoms with Crippen LogP contribution >= 0.6 is 0 Å². The largest absolute Gasteiger partial charge is 0.502 e. The summed E-state index contributed by atoms with van der Waals surface area (Å²) in [5.74, 6) is 0.868. The van der Waals surface area contributed by atoms with Crippen LogP contribution in [0.15, 0.2) is 103 Å². The number of benzene rings is 4.